The molecule has 0 bridgehead atoms. The van der Waals surface area contributed by atoms with Crippen LogP contribution in [0.15, 0.2) is 16.6 Å². The summed E-state index contributed by atoms with van der Waals surface area (Å²) in [5, 5.41) is 0. The molecule has 0 saturated heterocycles. The summed E-state index contributed by atoms with van der Waals surface area (Å²) in [6, 6.07) is 2.51. The van der Waals surface area contributed by atoms with Crippen LogP contribution in [0, 0.1) is 12.7 Å². The van der Waals surface area contributed by atoms with Crippen LogP contribution < -0.4 is 4.72 Å². The Morgan fingerprint density at radius 3 is 2.44 bits per heavy atom. The molecule has 0 saturated carbocycles. The topological polar surface area (TPSA) is 49.4 Å². The minimum Gasteiger partial charge on any atom is -0.271 e. The maximum atomic E-state index is 13.4. The van der Waals surface area contributed by atoms with E-state index in [4.69, 9.17) is 0 Å². The van der Waals surface area contributed by atoms with E-state index in [-0.39, 0.29) is 11.7 Å². The number of rotatable bonds is 4. The number of hydrogen-bond acceptors (Lipinski definition) is 2. The number of halogens is 2. The van der Waals surface area contributed by atoms with Crippen LogP contribution in [-0.2, 0) is 10.2 Å². The standard InChI is InChI=1S/C11H16BrFN2O2S/c1-7(2)15(4)18(16,17)14-11-6-10(13)9(12)5-8(11)3/h5-7,14H,1-4H3. The molecule has 1 aromatic carbocycles. The van der Waals surface area contributed by atoms with E-state index < -0.39 is 16.0 Å². The normalized spacial score (nSPS) is 12.2. The van der Waals surface area contributed by atoms with Gasteiger partial charge in [0.2, 0.25) is 0 Å². The minimum atomic E-state index is -3.66. The van der Waals surface area contributed by atoms with Crippen molar-refractivity contribution < 1.29 is 12.8 Å². The van der Waals surface area contributed by atoms with Gasteiger partial charge < -0.3 is 0 Å². The molecule has 0 amide bonds. The van der Waals surface area contributed by atoms with Crippen molar-refractivity contribution in [3.63, 3.8) is 0 Å². The summed E-state index contributed by atoms with van der Waals surface area (Å²) < 4.78 is 41.2. The van der Waals surface area contributed by atoms with Gasteiger partial charge in [0.25, 0.3) is 0 Å². The summed E-state index contributed by atoms with van der Waals surface area (Å²) >= 11 is 3.05. The van der Waals surface area contributed by atoms with E-state index in [1.165, 1.54) is 17.4 Å². The first kappa shape index (κ1) is 15.4. The van der Waals surface area contributed by atoms with Gasteiger partial charge in [-0.3, -0.25) is 4.72 Å². The zero-order valence-electron chi connectivity index (χ0n) is 10.7. The quantitative estimate of drug-likeness (QED) is 0.917. The fourth-order valence-corrected chi connectivity index (χ4v) is 2.90. The fraction of sp³-hybridized carbons (Fsp3) is 0.455. The molecule has 0 fully saturated rings. The lowest BCUT2D eigenvalue weighted by Gasteiger charge is -2.22. The Labute approximate surface area is 115 Å². The predicted molar refractivity (Wildman–Crippen MR) is 74.3 cm³/mol. The molecule has 102 valence electrons. The zero-order chi connectivity index (χ0) is 14.1. The highest BCUT2D eigenvalue weighted by atomic mass is 79.9. The Morgan fingerprint density at radius 2 is 1.94 bits per heavy atom. The van der Waals surface area contributed by atoms with Crippen molar-refractivity contribution >= 4 is 31.8 Å². The largest absolute Gasteiger partial charge is 0.301 e. The maximum absolute atomic E-state index is 13.4. The Kier molecular flexibility index (Phi) is 4.74. The van der Waals surface area contributed by atoms with Gasteiger partial charge in [0.15, 0.2) is 0 Å². The Bertz CT molecular complexity index is 546. The molecule has 18 heavy (non-hydrogen) atoms. The summed E-state index contributed by atoms with van der Waals surface area (Å²) in [5.41, 5.74) is 0.882. The van der Waals surface area contributed by atoms with Crippen LogP contribution in [0.4, 0.5) is 10.1 Å². The second-order valence-corrected chi connectivity index (χ2v) is 6.88. The van der Waals surface area contributed by atoms with Crippen molar-refractivity contribution in [1.29, 1.82) is 0 Å². The van der Waals surface area contributed by atoms with Crippen molar-refractivity contribution in [1.82, 2.24) is 4.31 Å². The smallest absolute Gasteiger partial charge is 0.271 e. The molecule has 0 radical (unpaired) electrons. The highest BCUT2D eigenvalue weighted by Gasteiger charge is 2.21. The molecule has 0 unspecified atom stereocenters. The minimum absolute atomic E-state index is 0.178. The van der Waals surface area contributed by atoms with Gasteiger partial charge in [-0.25, -0.2) is 4.39 Å². The van der Waals surface area contributed by atoms with E-state index in [1.54, 1.807) is 20.8 Å². The summed E-state index contributed by atoms with van der Waals surface area (Å²) in [7, 11) is -2.19. The third-order valence-corrected chi connectivity index (χ3v) is 4.88. The second-order valence-electron chi connectivity index (χ2n) is 4.30. The number of nitrogens with zero attached hydrogens (tertiary/aromatic N) is 1. The predicted octanol–water partition coefficient (Wildman–Crippen LogP) is 2.89. The summed E-state index contributed by atoms with van der Waals surface area (Å²) in [5.74, 6) is -0.509. The lowest BCUT2D eigenvalue weighted by atomic mass is 10.2. The van der Waals surface area contributed by atoms with Gasteiger partial charge in [-0.2, -0.15) is 12.7 Å². The molecule has 1 aromatic rings. The number of aryl methyl sites for hydroxylation is 1. The fourth-order valence-electron chi connectivity index (χ4n) is 1.24. The van der Waals surface area contributed by atoms with Crippen LogP contribution in [-0.4, -0.2) is 25.8 Å². The van der Waals surface area contributed by atoms with Crippen LogP contribution in [0.2, 0.25) is 0 Å². The van der Waals surface area contributed by atoms with Crippen LogP contribution >= 0.6 is 15.9 Å². The summed E-state index contributed by atoms with van der Waals surface area (Å²) in [4.78, 5) is 0. The summed E-state index contributed by atoms with van der Waals surface area (Å²) in [6.45, 7) is 5.22. The van der Waals surface area contributed by atoms with Crippen molar-refractivity contribution in [3.05, 3.63) is 28.0 Å². The maximum Gasteiger partial charge on any atom is 0.301 e. The average Bonchev–Trinajstić information content (AvgIpc) is 2.24. The molecule has 4 nitrogen and oxygen atoms in total. The molecular weight excluding hydrogens is 323 g/mol. The third-order valence-electron chi connectivity index (χ3n) is 2.61. The van der Waals surface area contributed by atoms with Gasteiger partial charge in [0.1, 0.15) is 5.82 Å². The highest BCUT2D eigenvalue weighted by Crippen LogP contribution is 2.25. The monoisotopic (exact) mass is 338 g/mol. The number of benzene rings is 1. The Morgan fingerprint density at radius 1 is 1.39 bits per heavy atom. The van der Waals surface area contributed by atoms with Gasteiger partial charge in [-0.15, -0.1) is 0 Å². The molecule has 1 rings (SSSR count). The first-order valence-corrected chi connectivity index (χ1v) is 7.60. The van der Waals surface area contributed by atoms with Crippen molar-refractivity contribution in [2.45, 2.75) is 26.8 Å². The molecule has 0 aliphatic rings. The first-order valence-electron chi connectivity index (χ1n) is 5.36. The van der Waals surface area contributed by atoms with Crippen LogP contribution in [0.5, 0.6) is 0 Å². The molecule has 0 spiro atoms. The van der Waals surface area contributed by atoms with Crippen molar-refractivity contribution in [2.75, 3.05) is 11.8 Å². The van der Waals surface area contributed by atoms with Crippen LogP contribution in [0.25, 0.3) is 0 Å². The lowest BCUT2D eigenvalue weighted by Crippen LogP contribution is -2.37. The van der Waals surface area contributed by atoms with E-state index in [9.17, 15) is 12.8 Å². The van der Waals surface area contributed by atoms with E-state index in [0.29, 0.717) is 10.0 Å². The highest BCUT2D eigenvalue weighted by molar-refractivity contribution is 9.10. The molecule has 0 heterocycles. The molecule has 7 heteroatoms. The zero-order valence-corrected chi connectivity index (χ0v) is 13.1. The van der Waals surface area contributed by atoms with Gasteiger partial charge in [0.05, 0.1) is 10.2 Å². The van der Waals surface area contributed by atoms with Gasteiger partial charge in [0, 0.05) is 13.1 Å². The lowest BCUT2D eigenvalue weighted by molar-refractivity contribution is 0.414. The molecule has 0 aromatic heterocycles. The number of anilines is 1. The second kappa shape index (κ2) is 5.54. The molecule has 0 aliphatic carbocycles. The molecule has 1 N–H and O–H groups in total. The average molecular weight is 339 g/mol. The van der Waals surface area contributed by atoms with Crippen molar-refractivity contribution in [3.8, 4) is 0 Å². The van der Waals surface area contributed by atoms with E-state index in [2.05, 4.69) is 20.7 Å². The third kappa shape index (κ3) is 3.43. The molecule has 0 aliphatic heterocycles. The first-order chi connectivity index (χ1) is 8.15. The van der Waals surface area contributed by atoms with Crippen LogP contribution in [0.1, 0.15) is 19.4 Å². The Balaban J connectivity index is 3.09. The Hall–Kier alpha value is -0.660. The van der Waals surface area contributed by atoms with Crippen molar-refractivity contribution in [2.24, 2.45) is 0 Å². The van der Waals surface area contributed by atoms with E-state index in [1.807, 2.05) is 0 Å². The summed E-state index contributed by atoms with van der Waals surface area (Å²) in [6.07, 6.45) is 0. The van der Waals surface area contributed by atoms with E-state index >= 15 is 0 Å². The number of nitrogens with one attached hydrogen (secondary N) is 1. The molecule has 0 atom stereocenters. The van der Waals surface area contributed by atoms with Gasteiger partial charge in [-0.1, -0.05) is 0 Å². The van der Waals surface area contributed by atoms with Gasteiger partial charge >= 0.3 is 10.2 Å². The van der Waals surface area contributed by atoms with Crippen LogP contribution in [0.3, 0.4) is 0 Å². The molecular formula is C11H16BrFN2O2S. The van der Waals surface area contributed by atoms with E-state index in [0.717, 1.165) is 6.07 Å². The SMILES string of the molecule is Cc1cc(Br)c(F)cc1NS(=O)(=O)N(C)C(C)C. The van der Waals surface area contributed by atoms with Gasteiger partial charge in [-0.05, 0) is 54.4 Å². The number of hydrogen-bond donors (Lipinski definition) is 1.